The summed E-state index contributed by atoms with van der Waals surface area (Å²) in [4.78, 5) is 12.0. The second kappa shape index (κ2) is 6.15. The Kier molecular flexibility index (Phi) is 4.49. The second-order valence-electron chi connectivity index (χ2n) is 4.48. The molecule has 0 aliphatic heterocycles. The van der Waals surface area contributed by atoms with Gasteiger partial charge in [0.1, 0.15) is 5.76 Å². The predicted molar refractivity (Wildman–Crippen MR) is 74.3 cm³/mol. The average Bonchev–Trinajstić information content (AvgIpc) is 3.09. The van der Waals surface area contributed by atoms with Crippen molar-refractivity contribution in [2.45, 2.75) is 24.5 Å². The fourth-order valence-corrected chi connectivity index (χ4v) is 2.41. The Bertz CT molecular complexity index is 703. The fourth-order valence-electron chi connectivity index (χ4n) is 1.76. The van der Waals surface area contributed by atoms with Gasteiger partial charge in [0.05, 0.1) is 6.26 Å². The Labute approximate surface area is 122 Å². The SMILES string of the molecule is CNS(=O)(=O)c1ccc(C(=O)NC(C)Cc2ccco2)o1. The van der Waals surface area contributed by atoms with Crippen molar-refractivity contribution in [1.82, 2.24) is 10.0 Å². The molecule has 2 rings (SSSR count). The Morgan fingerprint density at radius 3 is 2.71 bits per heavy atom. The zero-order valence-corrected chi connectivity index (χ0v) is 12.4. The number of amides is 1. The molecule has 0 aliphatic rings. The largest absolute Gasteiger partial charge is 0.469 e. The van der Waals surface area contributed by atoms with Gasteiger partial charge in [0.25, 0.3) is 15.9 Å². The zero-order valence-electron chi connectivity index (χ0n) is 11.6. The van der Waals surface area contributed by atoms with E-state index in [1.54, 1.807) is 12.3 Å². The second-order valence-corrected chi connectivity index (χ2v) is 6.30. The molecule has 8 heteroatoms. The maximum Gasteiger partial charge on any atom is 0.287 e. The monoisotopic (exact) mass is 312 g/mol. The number of carbonyl (C=O) groups excluding carboxylic acids is 1. The summed E-state index contributed by atoms with van der Waals surface area (Å²) in [6, 6.07) is 5.95. The Balaban J connectivity index is 2.00. The van der Waals surface area contributed by atoms with Gasteiger partial charge in [-0.3, -0.25) is 4.79 Å². The van der Waals surface area contributed by atoms with E-state index in [0.29, 0.717) is 6.42 Å². The number of nitrogens with one attached hydrogen (secondary N) is 2. The molecule has 1 unspecified atom stereocenters. The van der Waals surface area contributed by atoms with Crippen molar-refractivity contribution in [2.75, 3.05) is 7.05 Å². The molecule has 0 aliphatic carbocycles. The molecule has 0 saturated carbocycles. The van der Waals surface area contributed by atoms with Gasteiger partial charge in [-0.15, -0.1) is 0 Å². The van der Waals surface area contributed by atoms with Gasteiger partial charge in [-0.1, -0.05) is 0 Å². The molecule has 0 radical (unpaired) electrons. The lowest BCUT2D eigenvalue weighted by molar-refractivity contribution is 0.0906. The molecule has 1 amide bonds. The van der Waals surface area contributed by atoms with E-state index >= 15 is 0 Å². The number of rotatable bonds is 6. The maximum atomic E-state index is 12.0. The van der Waals surface area contributed by atoms with E-state index in [2.05, 4.69) is 10.0 Å². The smallest absolute Gasteiger partial charge is 0.287 e. The number of hydrogen-bond acceptors (Lipinski definition) is 5. The number of furan rings is 2. The van der Waals surface area contributed by atoms with Gasteiger partial charge in [-0.2, -0.15) is 0 Å². The molecule has 1 atom stereocenters. The highest BCUT2D eigenvalue weighted by molar-refractivity contribution is 7.89. The summed E-state index contributed by atoms with van der Waals surface area (Å²) in [5, 5.41) is 2.41. The van der Waals surface area contributed by atoms with Crippen LogP contribution in [-0.2, 0) is 16.4 Å². The van der Waals surface area contributed by atoms with Crippen LogP contribution in [-0.4, -0.2) is 27.4 Å². The third-order valence-corrected chi connectivity index (χ3v) is 4.09. The van der Waals surface area contributed by atoms with E-state index < -0.39 is 15.9 Å². The maximum absolute atomic E-state index is 12.0. The quantitative estimate of drug-likeness (QED) is 0.833. The first-order chi connectivity index (χ1) is 9.92. The summed E-state index contributed by atoms with van der Waals surface area (Å²) in [6.07, 6.45) is 2.09. The average molecular weight is 312 g/mol. The van der Waals surface area contributed by atoms with Crippen LogP contribution in [0.1, 0.15) is 23.2 Å². The van der Waals surface area contributed by atoms with Crippen LogP contribution < -0.4 is 10.0 Å². The summed E-state index contributed by atoms with van der Waals surface area (Å²) in [6.45, 7) is 1.81. The lowest BCUT2D eigenvalue weighted by Gasteiger charge is -2.11. The van der Waals surface area contributed by atoms with Crippen molar-refractivity contribution >= 4 is 15.9 Å². The minimum atomic E-state index is -3.69. The molecule has 114 valence electrons. The Hall–Kier alpha value is -2.06. The van der Waals surface area contributed by atoms with Gasteiger partial charge in [0.2, 0.25) is 5.09 Å². The molecule has 0 spiro atoms. The van der Waals surface area contributed by atoms with Gasteiger partial charge < -0.3 is 14.2 Å². The molecular formula is C13H16N2O5S. The van der Waals surface area contributed by atoms with Gasteiger partial charge in [-0.05, 0) is 38.2 Å². The fraction of sp³-hybridized carbons (Fsp3) is 0.308. The Morgan fingerprint density at radius 1 is 1.33 bits per heavy atom. The van der Waals surface area contributed by atoms with Crippen molar-refractivity contribution in [3.63, 3.8) is 0 Å². The highest BCUT2D eigenvalue weighted by atomic mass is 32.2. The number of hydrogen-bond donors (Lipinski definition) is 2. The molecule has 0 saturated heterocycles. The summed E-state index contributed by atoms with van der Waals surface area (Å²) in [7, 11) is -2.43. The topological polar surface area (TPSA) is 102 Å². The summed E-state index contributed by atoms with van der Waals surface area (Å²) >= 11 is 0. The van der Waals surface area contributed by atoms with E-state index in [0.717, 1.165) is 5.76 Å². The lowest BCUT2D eigenvalue weighted by Crippen LogP contribution is -2.33. The van der Waals surface area contributed by atoms with Crippen LogP contribution in [0, 0.1) is 0 Å². The molecule has 2 heterocycles. The molecule has 2 N–H and O–H groups in total. The van der Waals surface area contributed by atoms with Gasteiger partial charge in [-0.25, -0.2) is 13.1 Å². The van der Waals surface area contributed by atoms with Crippen LogP contribution >= 0.6 is 0 Å². The van der Waals surface area contributed by atoms with Crippen molar-refractivity contribution in [1.29, 1.82) is 0 Å². The standard InChI is InChI=1S/C13H16N2O5S/c1-9(8-10-4-3-7-19-10)15-13(16)11-5-6-12(20-11)21(17,18)14-2/h3-7,9,14H,8H2,1-2H3,(H,15,16). The van der Waals surface area contributed by atoms with Crippen molar-refractivity contribution in [3.8, 4) is 0 Å². The van der Waals surface area contributed by atoms with Crippen LogP contribution in [0.4, 0.5) is 0 Å². The van der Waals surface area contributed by atoms with Crippen LogP contribution in [0.2, 0.25) is 0 Å². The third kappa shape index (κ3) is 3.73. The predicted octanol–water partition coefficient (Wildman–Crippen LogP) is 1.14. The highest BCUT2D eigenvalue weighted by Gasteiger charge is 2.20. The molecule has 0 fully saturated rings. The molecule has 2 aromatic heterocycles. The Morgan fingerprint density at radius 2 is 2.10 bits per heavy atom. The normalized spacial score (nSPS) is 13.0. The van der Waals surface area contributed by atoms with Crippen molar-refractivity contribution in [3.05, 3.63) is 42.0 Å². The highest BCUT2D eigenvalue weighted by Crippen LogP contribution is 2.13. The van der Waals surface area contributed by atoms with Crippen molar-refractivity contribution in [2.24, 2.45) is 0 Å². The third-order valence-electron chi connectivity index (χ3n) is 2.80. The first-order valence-corrected chi connectivity index (χ1v) is 7.77. The van der Waals surface area contributed by atoms with Crippen molar-refractivity contribution < 1.29 is 22.0 Å². The van der Waals surface area contributed by atoms with E-state index in [9.17, 15) is 13.2 Å². The molecule has 7 nitrogen and oxygen atoms in total. The first-order valence-electron chi connectivity index (χ1n) is 6.29. The summed E-state index contributed by atoms with van der Waals surface area (Å²) in [5.41, 5.74) is 0. The van der Waals surface area contributed by atoms with Crippen LogP contribution in [0.15, 0.2) is 44.5 Å². The summed E-state index contributed by atoms with van der Waals surface area (Å²) in [5.74, 6) is 0.211. The molecule has 0 bridgehead atoms. The van der Waals surface area contributed by atoms with Crippen LogP contribution in [0.3, 0.4) is 0 Å². The minimum Gasteiger partial charge on any atom is -0.469 e. The first kappa shape index (κ1) is 15.3. The van der Waals surface area contributed by atoms with Gasteiger partial charge in [0.15, 0.2) is 5.76 Å². The molecule has 21 heavy (non-hydrogen) atoms. The van der Waals surface area contributed by atoms with E-state index in [4.69, 9.17) is 8.83 Å². The minimum absolute atomic E-state index is 0.0601. The van der Waals surface area contributed by atoms with E-state index in [-0.39, 0.29) is 16.9 Å². The van der Waals surface area contributed by atoms with Gasteiger partial charge >= 0.3 is 0 Å². The number of sulfonamides is 1. The van der Waals surface area contributed by atoms with E-state index in [1.165, 1.54) is 19.2 Å². The van der Waals surface area contributed by atoms with Gasteiger partial charge in [0, 0.05) is 12.5 Å². The van der Waals surface area contributed by atoms with E-state index in [1.807, 2.05) is 13.0 Å². The molecule has 0 aromatic carbocycles. The lowest BCUT2D eigenvalue weighted by atomic mass is 10.2. The molecule has 2 aromatic rings. The summed E-state index contributed by atoms with van der Waals surface area (Å²) < 4.78 is 35.4. The van der Waals surface area contributed by atoms with Crippen LogP contribution in [0.5, 0.6) is 0 Å². The zero-order chi connectivity index (χ0) is 15.5. The number of carbonyl (C=O) groups is 1. The van der Waals surface area contributed by atoms with Crippen LogP contribution in [0.25, 0.3) is 0 Å². The molecular weight excluding hydrogens is 296 g/mol.